The van der Waals surface area contributed by atoms with E-state index >= 15 is 0 Å². The zero-order valence-electron chi connectivity index (χ0n) is 10.5. The molecule has 0 aliphatic carbocycles. The molecule has 0 aromatic carbocycles. The Morgan fingerprint density at radius 2 is 1.71 bits per heavy atom. The minimum Gasteiger partial charge on any atom is -0.480 e. The molecule has 1 atom stereocenters. The molecule has 1 unspecified atom stereocenters. The van der Waals surface area contributed by atoms with Crippen molar-refractivity contribution in [2.75, 3.05) is 13.6 Å². The van der Waals surface area contributed by atoms with Crippen molar-refractivity contribution in [3.8, 4) is 0 Å². The van der Waals surface area contributed by atoms with Crippen LogP contribution in [0.2, 0.25) is 0 Å². The van der Waals surface area contributed by atoms with Crippen LogP contribution in [0.5, 0.6) is 0 Å². The maximum absolute atomic E-state index is 11.2. The number of rotatable bonds is 7. The molecule has 17 heavy (non-hydrogen) atoms. The fourth-order valence-electron chi connectivity index (χ4n) is 1.66. The topological polar surface area (TPSA) is 86.7 Å². The number of amides is 2. The predicted molar refractivity (Wildman–Crippen MR) is 62.4 cm³/mol. The van der Waals surface area contributed by atoms with Crippen LogP contribution in [-0.2, 0) is 14.4 Å². The zero-order chi connectivity index (χ0) is 13.4. The molecule has 0 saturated heterocycles. The van der Waals surface area contributed by atoms with Gasteiger partial charge in [-0.3, -0.25) is 14.5 Å². The van der Waals surface area contributed by atoms with Gasteiger partial charge in [0.15, 0.2) is 0 Å². The second kappa shape index (κ2) is 7.78. The fourth-order valence-corrected chi connectivity index (χ4v) is 1.66. The Hall–Kier alpha value is -1.43. The normalized spacial score (nSPS) is 11.9. The van der Waals surface area contributed by atoms with Crippen LogP contribution < -0.4 is 5.32 Å². The molecule has 0 heterocycles. The van der Waals surface area contributed by atoms with E-state index < -0.39 is 23.8 Å². The third-order valence-electron chi connectivity index (χ3n) is 2.43. The number of hydrogen-bond acceptors (Lipinski definition) is 4. The smallest absolute Gasteiger partial charge is 0.326 e. The molecule has 0 saturated carbocycles. The van der Waals surface area contributed by atoms with Gasteiger partial charge in [-0.15, -0.1) is 0 Å². The average Bonchev–Trinajstić information content (AvgIpc) is 2.20. The summed E-state index contributed by atoms with van der Waals surface area (Å²) >= 11 is 0. The number of imide groups is 1. The highest BCUT2D eigenvalue weighted by Crippen LogP contribution is 2.10. The van der Waals surface area contributed by atoms with Crippen LogP contribution in [0.1, 0.15) is 33.1 Å². The van der Waals surface area contributed by atoms with Crippen molar-refractivity contribution in [2.45, 2.75) is 39.2 Å². The Morgan fingerprint density at radius 1 is 1.18 bits per heavy atom. The van der Waals surface area contributed by atoms with E-state index in [1.807, 2.05) is 7.05 Å². The van der Waals surface area contributed by atoms with E-state index in [9.17, 15) is 14.4 Å². The average molecular weight is 244 g/mol. The first-order chi connectivity index (χ1) is 7.91. The van der Waals surface area contributed by atoms with Crippen molar-refractivity contribution in [1.82, 2.24) is 10.2 Å². The molecule has 2 amide bonds. The first-order valence-corrected chi connectivity index (χ1v) is 5.59. The SMILES string of the molecule is CNCCCCC(C(=O)O)N(C(C)=O)C(C)=O. The van der Waals surface area contributed by atoms with Crippen molar-refractivity contribution in [2.24, 2.45) is 0 Å². The minimum atomic E-state index is -1.14. The van der Waals surface area contributed by atoms with E-state index in [0.29, 0.717) is 6.42 Å². The number of aliphatic carboxylic acids is 1. The number of carbonyl (C=O) groups is 3. The molecule has 0 radical (unpaired) electrons. The Morgan fingerprint density at radius 3 is 2.06 bits per heavy atom. The van der Waals surface area contributed by atoms with Gasteiger partial charge >= 0.3 is 5.97 Å². The minimum absolute atomic E-state index is 0.288. The molecule has 6 heteroatoms. The number of nitrogens with one attached hydrogen (secondary N) is 1. The maximum Gasteiger partial charge on any atom is 0.326 e. The largest absolute Gasteiger partial charge is 0.480 e. The Labute approximate surface area is 101 Å². The number of carbonyl (C=O) groups excluding carboxylic acids is 2. The van der Waals surface area contributed by atoms with E-state index in [0.717, 1.165) is 17.9 Å². The van der Waals surface area contributed by atoms with Crippen molar-refractivity contribution in [3.63, 3.8) is 0 Å². The van der Waals surface area contributed by atoms with Gasteiger partial charge in [-0.25, -0.2) is 4.79 Å². The molecule has 0 aliphatic rings. The monoisotopic (exact) mass is 244 g/mol. The molecular formula is C11H20N2O4. The van der Waals surface area contributed by atoms with Gasteiger partial charge in [-0.2, -0.15) is 0 Å². The van der Waals surface area contributed by atoms with E-state index in [4.69, 9.17) is 5.11 Å². The number of nitrogens with zero attached hydrogens (tertiary/aromatic N) is 1. The molecule has 2 N–H and O–H groups in total. The molecule has 0 rings (SSSR count). The van der Waals surface area contributed by atoms with Gasteiger partial charge in [0.2, 0.25) is 11.8 Å². The number of carboxylic acids is 1. The highest BCUT2D eigenvalue weighted by Gasteiger charge is 2.30. The molecule has 0 aliphatic heterocycles. The summed E-state index contributed by atoms with van der Waals surface area (Å²) in [5.41, 5.74) is 0. The summed E-state index contributed by atoms with van der Waals surface area (Å²) in [6, 6.07) is -1.05. The lowest BCUT2D eigenvalue weighted by Gasteiger charge is -2.24. The first kappa shape index (κ1) is 15.6. The van der Waals surface area contributed by atoms with Gasteiger partial charge in [0.05, 0.1) is 0 Å². The molecule has 0 aromatic heterocycles. The molecular weight excluding hydrogens is 224 g/mol. The van der Waals surface area contributed by atoms with Gasteiger partial charge in [-0.05, 0) is 32.9 Å². The van der Waals surface area contributed by atoms with Crippen LogP contribution in [-0.4, -0.2) is 47.4 Å². The lowest BCUT2D eigenvalue weighted by Crippen LogP contribution is -2.46. The van der Waals surface area contributed by atoms with E-state index in [2.05, 4.69) is 5.32 Å². The van der Waals surface area contributed by atoms with Gasteiger partial charge in [-0.1, -0.05) is 0 Å². The van der Waals surface area contributed by atoms with Crippen LogP contribution in [0.25, 0.3) is 0 Å². The standard InChI is InChI=1S/C11H20N2O4/c1-8(14)13(9(2)15)10(11(16)17)6-4-5-7-12-3/h10,12H,4-7H2,1-3H3,(H,16,17). The number of carboxylic acid groups (broad SMARTS) is 1. The van der Waals surface area contributed by atoms with E-state index in [1.54, 1.807) is 0 Å². The van der Waals surface area contributed by atoms with E-state index in [-0.39, 0.29) is 6.42 Å². The highest BCUT2D eigenvalue weighted by atomic mass is 16.4. The van der Waals surface area contributed by atoms with Crippen LogP contribution in [0.15, 0.2) is 0 Å². The van der Waals surface area contributed by atoms with Crippen LogP contribution >= 0.6 is 0 Å². The molecule has 6 nitrogen and oxygen atoms in total. The molecule has 0 aromatic rings. The van der Waals surface area contributed by atoms with Gasteiger partial charge in [0.1, 0.15) is 6.04 Å². The van der Waals surface area contributed by atoms with Crippen LogP contribution in [0.3, 0.4) is 0 Å². The summed E-state index contributed by atoms with van der Waals surface area (Å²) < 4.78 is 0. The summed E-state index contributed by atoms with van der Waals surface area (Å²) in [6.07, 6.45) is 1.75. The second-order valence-corrected chi connectivity index (χ2v) is 3.86. The zero-order valence-corrected chi connectivity index (χ0v) is 10.5. The molecule has 0 spiro atoms. The lowest BCUT2D eigenvalue weighted by molar-refractivity contribution is -0.156. The van der Waals surface area contributed by atoms with Crippen LogP contribution in [0.4, 0.5) is 0 Å². The Bertz CT molecular complexity index is 277. The lowest BCUT2D eigenvalue weighted by atomic mass is 10.1. The third kappa shape index (κ3) is 5.44. The third-order valence-corrected chi connectivity index (χ3v) is 2.43. The second-order valence-electron chi connectivity index (χ2n) is 3.86. The Kier molecular flexibility index (Phi) is 7.13. The van der Waals surface area contributed by atoms with Crippen molar-refractivity contribution in [1.29, 1.82) is 0 Å². The first-order valence-electron chi connectivity index (χ1n) is 5.59. The quantitative estimate of drug-likeness (QED) is 0.626. The summed E-state index contributed by atoms with van der Waals surface area (Å²) in [7, 11) is 1.81. The Balaban J connectivity index is 4.53. The molecule has 0 fully saturated rings. The maximum atomic E-state index is 11.2. The van der Waals surface area contributed by atoms with Crippen molar-refractivity contribution in [3.05, 3.63) is 0 Å². The van der Waals surface area contributed by atoms with Crippen LogP contribution in [0, 0.1) is 0 Å². The molecule has 0 bridgehead atoms. The van der Waals surface area contributed by atoms with E-state index in [1.165, 1.54) is 13.8 Å². The number of unbranched alkanes of at least 4 members (excludes halogenated alkanes) is 1. The highest BCUT2D eigenvalue weighted by molar-refractivity contribution is 5.97. The number of hydrogen-bond donors (Lipinski definition) is 2. The van der Waals surface area contributed by atoms with Crippen molar-refractivity contribution >= 4 is 17.8 Å². The molecule has 98 valence electrons. The van der Waals surface area contributed by atoms with Gasteiger partial charge < -0.3 is 10.4 Å². The summed E-state index contributed by atoms with van der Waals surface area (Å²) in [4.78, 5) is 34.4. The summed E-state index contributed by atoms with van der Waals surface area (Å²) in [6.45, 7) is 3.18. The fraction of sp³-hybridized carbons (Fsp3) is 0.727. The van der Waals surface area contributed by atoms with Gasteiger partial charge in [0, 0.05) is 13.8 Å². The van der Waals surface area contributed by atoms with Gasteiger partial charge in [0.25, 0.3) is 0 Å². The predicted octanol–water partition coefficient (Wildman–Crippen LogP) is 0.224. The van der Waals surface area contributed by atoms with Crippen molar-refractivity contribution < 1.29 is 19.5 Å². The summed E-state index contributed by atoms with van der Waals surface area (Å²) in [5.74, 6) is -2.20. The summed E-state index contributed by atoms with van der Waals surface area (Å²) in [5, 5.41) is 12.0.